The number of halogens is 5. The van der Waals surface area contributed by atoms with Crippen LogP contribution in [0.15, 0.2) is 30.9 Å². The van der Waals surface area contributed by atoms with Crippen molar-refractivity contribution in [3.63, 3.8) is 0 Å². The minimum atomic E-state index is -5.06. The number of carbonyl (C=O) groups excluding carboxylic acids is 1. The van der Waals surface area contributed by atoms with Crippen LogP contribution in [0.2, 0.25) is 0 Å². The molecule has 10 nitrogen and oxygen atoms in total. The summed E-state index contributed by atoms with van der Waals surface area (Å²) in [6.45, 7) is 4.40. The molecule has 0 bridgehead atoms. The third-order valence-electron chi connectivity index (χ3n) is 7.96. The summed E-state index contributed by atoms with van der Waals surface area (Å²) in [5.41, 5.74) is 2.45. The molecule has 238 valence electrons. The number of fused-ring (bicyclic) bond motifs is 2. The number of methoxy groups -OCH3 is 1. The fourth-order valence-electron chi connectivity index (χ4n) is 5.56. The van der Waals surface area contributed by atoms with E-state index in [1.54, 1.807) is 7.11 Å². The Labute approximate surface area is 257 Å². The number of nitrogens with zero attached hydrogens (tertiary/aromatic N) is 5. The Morgan fingerprint density at radius 2 is 1.91 bits per heavy atom. The Morgan fingerprint density at radius 1 is 1.16 bits per heavy atom. The number of hydrogen-bond acceptors (Lipinski definition) is 10. The van der Waals surface area contributed by atoms with Crippen LogP contribution >= 0.6 is 11.3 Å². The molecular weight excluding hydrogens is 623 g/mol. The molecule has 16 heteroatoms. The van der Waals surface area contributed by atoms with Crippen molar-refractivity contribution >= 4 is 43.5 Å². The maximum absolute atomic E-state index is 16.5. The first-order valence-corrected chi connectivity index (χ1v) is 14.6. The predicted molar refractivity (Wildman–Crippen MR) is 156 cm³/mol. The van der Waals surface area contributed by atoms with Crippen molar-refractivity contribution in [2.45, 2.75) is 30.8 Å². The first-order chi connectivity index (χ1) is 21.4. The van der Waals surface area contributed by atoms with Gasteiger partial charge in [-0.2, -0.15) is 23.1 Å². The second-order valence-electron chi connectivity index (χ2n) is 10.8. The molecule has 0 saturated carbocycles. The van der Waals surface area contributed by atoms with Crippen molar-refractivity contribution in [3.8, 4) is 23.0 Å². The number of nitrogens with two attached hydrogens (primary N) is 1. The molecule has 1 amide bonds. The van der Waals surface area contributed by atoms with Gasteiger partial charge >= 0.3 is 12.2 Å². The van der Waals surface area contributed by atoms with E-state index in [2.05, 4.69) is 21.5 Å². The number of nitrogen functional groups attached to an aromatic ring is 1. The number of benzene rings is 2. The van der Waals surface area contributed by atoms with E-state index in [0.29, 0.717) is 19.0 Å². The fraction of sp³-hybridized carbons (Fsp3) is 0.379. The van der Waals surface area contributed by atoms with Crippen molar-refractivity contribution in [3.05, 3.63) is 48.1 Å². The molecule has 0 aliphatic carbocycles. The van der Waals surface area contributed by atoms with Crippen molar-refractivity contribution < 1.29 is 41.0 Å². The summed E-state index contributed by atoms with van der Waals surface area (Å²) >= 11 is 0.731. The molecule has 2 atom stereocenters. The molecule has 2 unspecified atom stereocenters. The number of amides is 1. The van der Waals surface area contributed by atoms with E-state index in [1.165, 1.54) is 4.90 Å². The number of hydrogen-bond donors (Lipinski definition) is 1. The Morgan fingerprint density at radius 3 is 2.58 bits per heavy atom. The third kappa shape index (κ3) is 5.73. The molecule has 2 saturated heterocycles. The van der Waals surface area contributed by atoms with Gasteiger partial charge in [0.2, 0.25) is 11.8 Å². The van der Waals surface area contributed by atoms with E-state index in [9.17, 15) is 22.4 Å². The van der Waals surface area contributed by atoms with Gasteiger partial charge in [-0.25, -0.2) is 13.8 Å². The maximum Gasteiger partial charge on any atom is 0.417 e. The minimum absolute atomic E-state index is 0.0204. The zero-order valence-electron chi connectivity index (χ0n) is 24.0. The number of likely N-dealkylation sites (tertiary alicyclic amines) is 2. The molecule has 2 N–H and O–H groups in total. The smallest absolute Gasteiger partial charge is 0.417 e. The van der Waals surface area contributed by atoms with Crippen molar-refractivity contribution in [1.82, 2.24) is 24.8 Å². The first kappa shape index (κ1) is 30.9. The lowest BCUT2D eigenvalue weighted by atomic mass is 9.95. The molecule has 2 aromatic carbocycles. The number of aromatic nitrogens is 3. The summed E-state index contributed by atoms with van der Waals surface area (Å²) < 4.78 is 91.9. The number of thiazole rings is 1. The van der Waals surface area contributed by atoms with Gasteiger partial charge < -0.3 is 24.8 Å². The highest BCUT2D eigenvalue weighted by Crippen LogP contribution is 2.46. The Hall–Kier alpha value is -4.15. The number of likely N-dealkylation sites (N-methyl/N-ethyl adjacent to an activating group) is 1. The summed E-state index contributed by atoms with van der Waals surface area (Å²) in [4.78, 5) is 27.7. The van der Waals surface area contributed by atoms with Gasteiger partial charge in [0, 0.05) is 30.8 Å². The number of rotatable bonds is 8. The van der Waals surface area contributed by atoms with E-state index >= 15 is 4.39 Å². The lowest BCUT2D eigenvalue weighted by Crippen LogP contribution is -2.55. The minimum Gasteiger partial charge on any atom is -0.470 e. The predicted octanol–water partition coefficient (Wildman–Crippen LogP) is 4.66. The van der Waals surface area contributed by atoms with Crippen LogP contribution < -0.4 is 15.2 Å². The molecule has 2 fully saturated rings. The Balaban J connectivity index is 1.48. The van der Waals surface area contributed by atoms with Crippen LogP contribution in [0, 0.1) is 11.6 Å². The van der Waals surface area contributed by atoms with E-state index in [0.717, 1.165) is 29.5 Å². The molecule has 4 aromatic rings. The molecule has 2 aliphatic rings. The highest BCUT2D eigenvalue weighted by atomic mass is 32.1. The molecule has 45 heavy (non-hydrogen) atoms. The average molecular weight is 651 g/mol. The van der Waals surface area contributed by atoms with E-state index < -0.39 is 40.6 Å². The van der Waals surface area contributed by atoms with Crippen LogP contribution in [-0.4, -0.2) is 89.3 Å². The van der Waals surface area contributed by atoms with Crippen LogP contribution in [0.4, 0.5) is 27.1 Å². The van der Waals surface area contributed by atoms with Crippen molar-refractivity contribution in [1.29, 1.82) is 0 Å². The van der Waals surface area contributed by atoms with Crippen LogP contribution in [-0.2, 0) is 15.7 Å². The van der Waals surface area contributed by atoms with Gasteiger partial charge in [0.25, 0.3) is 0 Å². The number of anilines is 1. The molecule has 2 aromatic heterocycles. The second kappa shape index (κ2) is 11.7. The monoisotopic (exact) mass is 650 g/mol. The lowest BCUT2D eigenvalue weighted by molar-refractivity contribution is -0.137. The highest BCUT2D eigenvalue weighted by molar-refractivity contribution is 7.22. The van der Waals surface area contributed by atoms with E-state index in [-0.39, 0.29) is 75.9 Å². The van der Waals surface area contributed by atoms with Crippen LogP contribution in [0.3, 0.4) is 0 Å². The fourth-order valence-corrected chi connectivity index (χ4v) is 6.32. The molecule has 0 radical (unpaired) electrons. The quantitative estimate of drug-likeness (QED) is 0.215. The van der Waals surface area contributed by atoms with Gasteiger partial charge in [-0.15, -0.1) is 0 Å². The third-order valence-corrected chi connectivity index (χ3v) is 8.86. The number of ether oxygens (including phenoxy) is 3. The summed E-state index contributed by atoms with van der Waals surface area (Å²) in [6.07, 6.45) is -3.95. The normalized spacial score (nSPS) is 19.3. The van der Waals surface area contributed by atoms with Crippen LogP contribution in [0.25, 0.3) is 32.2 Å². The summed E-state index contributed by atoms with van der Waals surface area (Å²) in [7, 11) is 3.49. The number of alkyl halides is 3. The van der Waals surface area contributed by atoms with Gasteiger partial charge in [-0.1, -0.05) is 17.9 Å². The standard InChI is InChI=1S/C29H27F5N6O4S/c1-4-20(41)40-10-15(11-40)44-26-17-8-18(29(32,33)34)21(16-5-6-19(30)25-24(16)36-27(35)45-25)22(31)23(17)37-28(38-26)43-12-13-7-14(42-3)9-39(13)2/h4-6,8,13-15H,1,7,9-12H2,2-3H3,(H2,35,36). The van der Waals surface area contributed by atoms with Gasteiger partial charge in [0.1, 0.15) is 24.0 Å². The van der Waals surface area contributed by atoms with E-state index in [1.807, 2.05) is 11.9 Å². The van der Waals surface area contributed by atoms with Gasteiger partial charge in [-0.05, 0) is 37.7 Å². The second-order valence-corrected chi connectivity index (χ2v) is 11.9. The largest absolute Gasteiger partial charge is 0.470 e. The van der Waals surface area contributed by atoms with Gasteiger partial charge in [-0.3, -0.25) is 9.69 Å². The SMILES string of the molecule is C=CC(=O)N1CC(Oc2nc(OCC3CC(OC)CN3C)nc3c(F)c(-c4ccc(F)c5sc(N)nc45)c(C(F)(F)F)cc23)C1. The van der Waals surface area contributed by atoms with Crippen molar-refractivity contribution in [2.75, 3.05) is 46.1 Å². The Bertz CT molecular complexity index is 1810. The summed E-state index contributed by atoms with van der Waals surface area (Å²) in [5.74, 6) is -2.81. The van der Waals surface area contributed by atoms with Crippen LogP contribution in [0.1, 0.15) is 12.0 Å². The van der Waals surface area contributed by atoms with Gasteiger partial charge in [0.05, 0.1) is 40.4 Å². The van der Waals surface area contributed by atoms with Gasteiger partial charge in [0.15, 0.2) is 10.9 Å². The Kier molecular flexibility index (Phi) is 7.99. The average Bonchev–Trinajstić information content (AvgIpc) is 3.55. The molecule has 6 rings (SSSR count). The number of carbonyl (C=O) groups is 1. The van der Waals surface area contributed by atoms with Crippen molar-refractivity contribution in [2.24, 2.45) is 0 Å². The maximum atomic E-state index is 16.5. The molecule has 0 spiro atoms. The topological polar surface area (TPSA) is 116 Å². The van der Waals surface area contributed by atoms with E-state index in [4.69, 9.17) is 19.9 Å². The zero-order valence-corrected chi connectivity index (χ0v) is 24.8. The van der Waals surface area contributed by atoms with Crippen LogP contribution in [0.5, 0.6) is 11.9 Å². The molecular formula is C29H27F5N6O4S. The summed E-state index contributed by atoms with van der Waals surface area (Å²) in [5, 5.41) is -0.463. The summed E-state index contributed by atoms with van der Waals surface area (Å²) in [6, 6.07) is 2.22. The molecule has 2 aliphatic heterocycles. The molecule has 4 heterocycles. The first-order valence-electron chi connectivity index (χ1n) is 13.8. The highest BCUT2D eigenvalue weighted by Gasteiger charge is 2.39. The lowest BCUT2D eigenvalue weighted by Gasteiger charge is -2.38. The zero-order chi connectivity index (χ0) is 32.2.